The second-order valence-electron chi connectivity index (χ2n) is 4.12. The molecule has 2 N–H and O–H groups in total. The second-order valence-corrected chi connectivity index (χ2v) is 4.12. The predicted molar refractivity (Wildman–Crippen MR) is 48.0 cm³/mol. The van der Waals surface area contributed by atoms with E-state index >= 15 is 0 Å². The minimum atomic E-state index is -0.932. The first-order chi connectivity index (χ1) is 5.55. The highest BCUT2D eigenvalue weighted by Crippen LogP contribution is 2.18. The summed E-state index contributed by atoms with van der Waals surface area (Å²) in [5.74, 6) is 0. The summed E-state index contributed by atoms with van der Waals surface area (Å²) < 4.78 is 0. The standard InChI is InChI=1S/C9H19NO2/c1-8-4-3-5-10(8)6-9(2,12)7-11/h8,11-12H,3-7H2,1-2H3. The third-order valence-corrected chi connectivity index (χ3v) is 2.57. The Labute approximate surface area is 74.0 Å². The lowest BCUT2D eigenvalue weighted by Crippen LogP contribution is -2.44. The zero-order valence-electron chi connectivity index (χ0n) is 7.95. The molecule has 2 atom stereocenters. The molecule has 1 aliphatic rings. The minimum Gasteiger partial charge on any atom is -0.393 e. The molecule has 12 heavy (non-hydrogen) atoms. The molecule has 1 heterocycles. The van der Waals surface area contributed by atoms with E-state index in [0.717, 1.165) is 6.54 Å². The van der Waals surface area contributed by atoms with Gasteiger partial charge in [0, 0.05) is 12.6 Å². The Morgan fingerprint density at radius 2 is 2.25 bits per heavy atom. The molecule has 0 spiro atoms. The Bertz CT molecular complexity index is 147. The van der Waals surface area contributed by atoms with Gasteiger partial charge >= 0.3 is 0 Å². The van der Waals surface area contributed by atoms with Crippen LogP contribution in [0.15, 0.2) is 0 Å². The van der Waals surface area contributed by atoms with E-state index in [1.807, 2.05) is 0 Å². The topological polar surface area (TPSA) is 43.7 Å². The van der Waals surface area contributed by atoms with Crippen molar-refractivity contribution in [1.82, 2.24) is 4.90 Å². The summed E-state index contributed by atoms with van der Waals surface area (Å²) in [5.41, 5.74) is -0.932. The molecule has 72 valence electrons. The zero-order valence-corrected chi connectivity index (χ0v) is 7.95. The molecule has 1 fully saturated rings. The summed E-state index contributed by atoms with van der Waals surface area (Å²) in [6, 6.07) is 0.558. The fourth-order valence-corrected chi connectivity index (χ4v) is 1.72. The quantitative estimate of drug-likeness (QED) is 0.641. The molecule has 0 aliphatic carbocycles. The Morgan fingerprint density at radius 3 is 2.67 bits per heavy atom. The first kappa shape index (κ1) is 9.96. The van der Waals surface area contributed by atoms with E-state index in [-0.39, 0.29) is 6.61 Å². The van der Waals surface area contributed by atoms with E-state index in [1.54, 1.807) is 6.92 Å². The Balaban J connectivity index is 2.39. The number of likely N-dealkylation sites (tertiary alicyclic amines) is 1. The number of β-amino-alcohol motifs (C(OH)–C–C–N with tert-alkyl or cyclic N) is 1. The van der Waals surface area contributed by atoms with E-state index in [0.29, 0.717) is 12.6 Å². The van der Waals surface area contributed by atoms with Crippen LogP contribution in [0, 0.1) is 0 Å². The van der Waals surface area contributed by atoms with Gasteiger partial charge in [-0.05, 0) is 33.2 Å². The minimum absolute atomic E-state index is 0.157. The maximum atomic E-state index is 9.61. The van der Waals surface area contributed by atoms with Gasteiger partial charge in [-0.1, -0.05) is 0 Å². The maximum Gasteiger partial charge on any atom is 0.0975 e. The fourth-order valence-electron chi connectivity index (χ4n) is 1.72. The molecule has 0 aromatic carbocycles. The van der Waals surface area contributed by atoms with Crippen molar-refractivity contribution in [3.8, 4) is 0 Å². The molecule has 1 aliphatic heterocycles. The monoisotopic (exact) mass is 173 g/mol. The van der Waals surface area contributed by atoms with Crippen LogP contribution in [0.2, 0.25) is 0 Å². The second kappa shape index (κ2) is 3.73. The summed E-state index contributed by atoms with van der Waals surface area (Å²) in [6.45, 7) is 5.33. The SMILES string of the molecule is CC1CCCN1CC(C)(O)CO. The van der Waals surface area contributed by atoms with Crippen LogP contribution in [0.5, 0.6) is 0 Å². The predicted octanol–water partition coefficient (Wildman–Crippen LogP) is 0.214. The molecule has 0 bridgehead atoms. The van der Waals surface area contributed by atoms with Gasteiger partial charge in [0.2, 0.25) is 0 Å². The van der Waals surface area contributed by atoms with Gasteiger partial charge < -0.3 is 10.2 Å². The summed E-state index contributed by atoms with van der Waals surface area (Å²) in [5, 5.41) is 18.5. The lowest BCUT2D eigenvalue weighted by molar-refractivity contribution is -0.0268. The van der Waals surface area contributed by atoms with Crippen molar-refractivity contribution in [3.05, 3.63) is 0 Å². The number of aliphatic hydroxyl groups excluding tert-OH is 1. The molecule has 2 unspecified atom stereocenters. The van der Waals surface area contributed by atoms with Crippen LogP contribution in [0.1, 0.15) is 26.7 Å². The Hall–Kier alpha value is -0.120. The van der Waals surface area contributed by atoms with Crippen molar-refractivity contribution in [2.75, 3.05) is 19.7 Å². The average molecular weight is 173 g/mol. The van der Waals surface area contributed by atoms with Crippen molar-refractivity contribution in [2.24, 2.45) is 0 Å². The lowest BCUT2D eigenvalue weighted by Gasteiger charge is -2.29. The molecule has 1 saturated heterocycles. The first-order valence-corrected chi connectivity index (χ1v) is 4.62. The van der Waals surface area contributed by atoms with Crippen molar-refractivity contribution in [2.45, 2.75) is 38.3 Å². The molecule has 0 radical (unpaired) electrons. The van der Waals surface area contributed by atoms with Gasteiger partial charge in [0.25, 0.3) is 0 Å². The average Bonchev–Trinajstić information content (AvgIpc) is 2.36. The Morgan fingerprint density at radius 1 is 1.58 bits per heavy atom. The van der Waals surface area contributed by atoms with Crippen LogP contribution in [0.4, 0.5) is 0 Å². The van der Waals surface area contributed by atoms with E-state index in [9.17, 15) is 5.11 Å². The molecule has 3 heteroatoms. The molecule has 0 amide bonds. The van der Waals surface area contributed by atoms with Crippen LogP contribution in [0.25, 0.3) is 0 Å². The highest BCUT2D eigenvalue weighted by Gasteiger charge is 2.28. The van der Waals surface area contributed by atoms with Gasteiger partial charge in [0.1, 0.15) is 0 Å². The van der Waals surface area contributed by atoms with E-state index in [1.165, 1.54) is 12.8 Å². The highest BCUT2D eigenvalue weighted by atomic mass is 16.3. The molecule has 0 aromatic rings. The van der Waals surface area contributed by atoms with Gasteiger partial charge in [-0.3, -0.25) is 4.90 Å². The third-order valence-electron chi connectivity index (χ3n) is 2.57. The molecular weight excluding hydrogens is 154 g/mol. The maximum absolute atomic E-state index is 9.61. The summed E-state index contributed by atoms with van der Waals surface area (Å²) in [4.78, 5) is 2.23. The summed E-state index contributed by atoms with van der Waals surface area (Å²) in [6.07, 6.45) is 2.42. The van der Waals surface area contributed by atoms with E-state index in [4.69, 9.17) is 5.11 Å². The summed E-state index contributed by atoms with van der Waals surface area (Å²) >= 11 is 0. The molecule has 1 rings (SSSR count). The number of hydrogen-bond acceptors (Lipinski definition) is 3. The lowest BCUT2D eigenvalue weighted by atomic mass is 10.1. The van der Waals surface area contributed by atoms with Gasteiger partial charge in [-0.15, -0.1) is 0 Å². The zero-order chi connectivity index (χ0) is 9.19. The van der Waals surface area contributed by atoms with Crippen LogP contribution >= 0.6 is 0 Å². The van der Waals surface area contributed by atoms with Crippen molar-refractivity contribution in [3.63, 3.8) is 0 Å². The molecule has 0 aromatic heterocycles. The Kier molecular flexibility index (Phi) is 3.09. The van der Waals surface area contributed by atoms with Gasteiger partial charge in [-0.2, -0.15) is 0 Å². The number of nitrogens with zero attached hydrogens (tertiary/aromatic N) is 1. The summed E-state index contributed by atoms with van der Waals surface area (Å²) in [7, 11) is 0. The highest BCUT2D eigenvalue weighted by molar-refractivity contribution is 4.83. The van der Waals surface area contributed by atoms with Crippen LogP contribution in [0.3, 0.4) is 0 Å². The fraction of sp³-hybridized carbons (Fsp3) is 1.00. The van der Waals surface area contributed by atoms with Gasteiger partial charge in [0.05, 0.1) is 12.2 Å². The van der Waals surface area contributed by atoms with Gasteiger partial charge in [0.15, 0.2) is 0 Å². The largest absolute Gasteiger partial charge is 0.393 e. The van der Waals surface area contributed by atoms with E-state index in [2.05, 4.69) is 11.8 Å². The number of hydrogen-bond donors (Lipinski definition) is 2. The van der Waals surface area contributed by atoms with Crippen molar-refractivity contribution >= 4 is 0 Å². The molecule has 3 nitrogen and oxygen atoms in total. The number of aliphatic hydroxyl groups is 2. The molecular formula is C9H19NO2. The molecule has 0 saturated carbocycles. The number of rotatable bonds is 3. The smallest absolute Gasteiger partial charge is 0.0975 e. The van der Waals surface area contributed by atoms with Crippen LogP contribution < -0.4 is 0 Å². The van der Waals surface area contributed by atoms with Crippen LogP contribution in [-0.2, 0) is 0 Å². The van der Waals surface area contributed by atoms with Gasteiger partial charge in [-0.25, -0.2) is 0 Å². The van der Waals surface area contributed by atoms with Crippen LogP contribution in [-0.4, -0.2) is 46.5 Å². The van der Waals surface area contributed by atoms with E-state index < -0.39 is 5.60 Å². The first-order valence-electron chi connectivity index (χ1n) is 4.62. The normalized spacial score (nSPS) is 30.5. The third kappa shape index (κ3) is 2.44. The van der Waals surface area contributed by atoms with Crippen molar-refractivity contribution < 1.29 is 10.2 Å². The van der Waals surface area contributed by atoms with Crippen molar-refractivity contribution in [1.29, 1.82) is 0 Å².